The highest BCUT2D eigenvalue weighted by Crippen LogP contribution is 2.62. The number of oxime groups is 1. The SMILES string of the molecule is C=CCO[C@@]12Oc3ccc(OC(=O)NCC)cc3[C@H]3[C@H](CCCCO)[C@@H](CCCCO)C=C(C(=NOC)C[C@@H]1N(CCOCCO)C(=O)c1ccc(C#N)cc1)[C@H]32. The molecule has 2 aromatic rings. The zero-order valence-corrected chi connectivity index (χ0v) is 32.9. The van der Waals surface area contributed by atoms with Crippen molar-refractivity contribution in [3.8, 4) is 17.6 Å². The first-order valence-electron chi connectivity index (χ1n) is 19.9. The van der Waals surface area contributed by atoms with Gasteiger partial charge in [-0.05, 0) is 92.5 Å². The third-order valence-electron chi connectivity index (χ3n) is 11.0. The standard InChI is InChI=1S/C43H56N4O10/c1-4-22-55-43-38(47(18-23-54-24-21-50)41(51)30-14-12-29(28-44)13-15-30)27-36(46-53-3)34-25-31(10-6-8-19-48)33(11-7-9-20-49)39(40(34)43)35-26-32(16-17-37(35)57-43)56-42(52)45-5-2/h4,12-17,25-26,31,33,38-40,48-50H,1,5-11,18-24,27H2,2-3H3,(H,45,52)/t31-,33+,38-,39+,40+,43+/m0/s1. The van der Waals surface area contributed by atoms with Gasteiger partial charge in [-0.2, -0.15) is 5.26 Å². The molecule has 1 fully saturated rings. The maximum atomic E-state index is 14.8. The molecule has 3 aliphatic rings. The van der Waals surface area contributed by atoms with Crippen molar-refractivity contribution >= 4 is 17.7 Å². The fourth-order valence-electron chi connectivity index (χ4n) is 8.69. The molecule has 2 aromatic carbocycles. The Morgan fingerprint density at radius 1 is 1.07 bits per heavy atom. The van der Waals surface area contributed by atoms with Gasteiger partial charge in [0.15, 0.2) is 0 Å². The van der Waals surface area contributed by atoms with E-state index < -0.39 is 23.8 Å². The van der Waals surface area contributed by atoms with Crippen LogP contribution in [0.25, 0.3) is 0 Å². The lowest BCUT2D eigenvalue weighted by atomic mass is 9.55. The molecule has 1 heterocycles. The van der Waals surface area contributed by atoms with Crippen molar-refractivity contribution in [3.63, 3.8) is 0 Å². The highest BCUT2D eigenvalue weighted by Gasteiger charge is 2.65. The van der Waals surface area contributed by atoms with E-state index in [0.29, 0.717) is 47.7 Å². The topological polar surface area (TPSA) is 192 Å². The molecule has 5 rings (SSSR count). The first-order valence-corrected chi connectivity index (χ1v) is 19.9. The summed E-state index contributed by atoms with van der Waals surface area (Å²) in [5, 5.41) is 45.9. The molecule has 0 saturated heterocycles. The number of hydrogen-bond acceptors (Lipinski definition) is 12. The average Bonchev–Trinajstić information content (AvgIpc) is 3.22. The number of fused-ring (bicyclic) bond motifs is 2. The number of hydrogen-bond donors (Lipinski definition) is 4. The number of aliphatic hydroxyl groups excluding tert-OH is 3. The van der Waals surface area contributed by atoms with Gasteiger partial charge in [-0.15, -0.1) is 6.58 Å². The molecule has 14 heteroatoms. The van der Waals surface area contributed by atoms with Gasteiger partial charge in [-0.25, -0.2) is 4.79 Å². The van der Waals surface area contributed by atoms with Crippen molar-refractivity contribution in [1.29, 1.82) is 5.26 Å². The van der Waals surface area contributed by atoms with Gasteiger partial charge in [-0.1, -0.05) is 30.1 Å². The number of nitrogens with one attached hydrogen (secondary N) is 1. The second-order valence-corrected chi connectivity index (χ2v) is 14.4. The summed E-state index contributed by atoms with van der Waals surface area (Å²) >= 11 is 0. The van der Waals surface area contributed by atoms with Gasteiger partial charge in [0.25, 0.3) is 5.91 Å². The molecule has 0 spiro atoms. The molecule has 0 unspecified atom stereocenters. The molecule has 0 bridgehead atoms. The third kappa shape index (κ3) is 9.85. The fourth-order valence-corrected chi connectivity index (χ4v) is 8.69. The van der Waals surface area contributed by atoms with E-state index in [-0.39, 0.29) is 76.3 Å². The quantitative estimate of drug-likeness (QED) is 0.0749. The van der Waals surface area contributed by atoms with Gasteiger partial charge in [-0.3, -0.25) is 4.79 Å². The molecule has 2 amide bonds. The first kappa shape index (κ1) is 43.3. The lowest BCUT2D eigenvalue weighted by molar-refractivity contribution is -0.254. The molecule has 14 nitrogen and oxygen atoms in total. The average molecular weight is 789 g/mol. The molecule has 1 saturated carbocycles. The van der Waals surface area contributed by atoms with E-state index in [1.807, 2.05) is 6.07 Å². The van der Waals surface area contributed by atoms with Crippen LogP contribution < -0.4 is 14.8 Å². The predicted molar refractivity (Wildman–Crippen MR) is 212 cm³/mol. The zero-order chi connectivity index (χ0) is 40.8. The molecule has 1 aliphatic heterocycles. The minimum Gasteiger partial charge on any atom is -0.459 e. The second-order valence-electron chi connectivity index (χ2n) is 14.4. The van der Waals surface area contributed by atoms with Crippen LogP contribution in [-0.4, -0.2) is 110 Å². The van der Waals surface area contributed by atoms with Crippen LogP contribution in [0.4, 0.5) is 4.79 Å². The molecule has 0 aromatic heterocycles. The lowest BCUT2D eigenvalue weighted by Gasteiger charge is -2.60. The summed E-state index contributed by atoms with van der Waals surface area (Å²) in [5.41, 5.74) is 3.03. The molecule has 6 atom stereocenters. The number of ether oxygens (including phenoxy) is 4. The Morgan fingerprint density at radius 3 is 2.49 bits per heavy atom. The number of carbonyl (C=O) groups is 2. The summed E-state index contributed by atoms with van der Waals surface area (Å²) in [7, 11) is 1.48. The van der Waals surface area contributed by atoms with Crippen molar-refractivity contribution in [2.75, 3.05) is 59.8 Å². The van der Waals surface area contributed by atoms with E-state index in [2.05, 4.69) is 29.2 Å². The van der Waals surface area contributed by atoms with E-state index in [1.54, 1.807) is 54.3 Å². The highest BCUT2D eigenvalue weighted by atomic mass is 16.7. The number of nitriles is 1. The Balaban J connectivity index is 1.77. The summed E-state index contributed by atoms with van der Waals surface area (Å²) in [6.07, 6.45) is 7.74. The van der Waals surface area contributed by atoms with Crippen LogP contribution in [0.5, 0.6) is 11.5 Å². The Morgan fingerprint density at radius 2 is 1.82 bits per heavy atom. The van der Waals surface area contributed by atoms with Crippen LogP contribution in [0.2, 0.25) is 0 Å². The summed E-state index contributed by atoms with van der Waals surface area (Å²) < 4.78 is 25.6. The number of amides is 2. The van der Waals surface area contributed by atoms with Gasteiger partial charge >= 0.3 is 6.09 Å². The molecule has 2 aliphatic carbocycles. The van der Waals surface area contributed by atoms with Gasteiger partial charge < -0.3 is 49.3 Å². The van der Waals surface area contributed by atoms with Crippen LogP contribution in [0.1, 0.15) is 79.3 Å². The maximum absolute atomic E-state index is 14.8. The van der Waals surface area contributed by atoms with Gasteiger partial charge in [0.2, 0.25) is 5.79 Å². The number of allylic oxidation sites excluding steroid dienone is 1. The van der Waals surface area contributed by atoms with Crippen LogP contribution in [0, 0.1) is 29.1 Å². The third-order valence-corrected chi connectivity index (χ3v) is 11.0. The molecule has 4 N–H and O–H groups in total. The highest BCUT2D eigenvalue weighted by molar-refractivity contribution is 6.03. The maximum Gasteiger partial charge on any atom is 0.412 e. The van der Waals surface area contributed by atoms with Crippen LogP contribution >= 0.6 is 0 Å². The Bertz CT molecular complexity index is 1780. The Labute approximate surface area is 334 Å². The second kappa shape index (κ2) is 21.1. The number of benzene rings is 2. The molecular formula is C43H56N4O10. The molecule has 57 heavy (non-hydrogen) atoms. The van der Waals surface area contributed by atoms with Gasteiger partial charge in [0.05, 0.1) is 49.7 Å². The summed E-state index contributed by atoms with van der Waals surface area (Å²) in [6.45, 7) is 6.44. The Hall–Kier alpha value is -4.78. The van der Waals surface area contributed by atoms with Gasteiger partial charge in [0.1, 0.15) is 24.7 Å². The zero-order valence-electron chi connectivity index (χ0n) is 32.9. The van der Waals surface area contributed by atoms with Gasteiger partial charge in [0, 0.05) is 49.8 Å². The van der Waals surface area contributed by atoms with Crippen LogP contribution in [0.15, 0.2) is 71.9 Å². The van der Waals surface area contributed by atoms with E-state index in [4.69, 9.17) is 23.8 Å². The van der Waals surface area contributed by atoms with E-state index in [0.717, 1.165) is 36.8 Å². The van der Waals surface area contributed by atoms with Crippen molar-refractivity contribution in [2.24, 2.45) is 22.9 Å². The van der Waals surface area contributed by atoms with Crippen LogP contribution in [0.3, 0.4) is 0 Å². The molecule has 0 radical (unpaired) electrons. The predicted octanol–water partition coefficient (Wildman–Crippen LogP) is 5.08. The van der Waals surface area contributed by atoms with Crippen molar-refractivity contribution in [2.45, 2.75) is 69.6 Å². The molecule has 308 valence electrons. The largest absolute Gasteiger partial charge is 0.459 e. The summed E-state index contributed by atoms with van der Waals surface area (Å²) in [5.74, 6) is -1.93. The fraction of sp³-hybridized carbons (Fsp3) is 0.535. The smallest absolute Gasteiger partial charge is 0.412 e. The lowest BCUT2D eigenvalue weighted by Crippen LogP contribution is -2.70. The van der Waals surface area contributed by atoms with Crippen molar-refractivity contribution in [1.82, 2.24) is 10.2 Å². The van der Waals surface area contributed by atoms with Crippen molar-refractivity contribution in [3.05, 3.63) is 83.5 Å². The van der Waals surface area contributed by atoms with Crippen molar-refractivity contribution < 1.29 is 48.7 Å². The summed E-state index contributed by atoms with van der Waals surface area (Å²) in [4.78, 5) is 34.7. The minimum atomic E-state index is -1.52. The van der Waals surface area contributed by atoms with E-state index in [9.17, 15) is 30.2 Å². The summed E-state index contributed by atoms with van der Waals surface area (Å²) in [6, 6.07) is 13.0. The normalized spacial score (nSPS) is 23.9. The number of nitrogens with zero attached hydrogens (tertiary/aromatic N) is 3. The number of rotatable bonds is 21. The first-order chi connectivity index (χ1) is 27.8. The molecular weight excluding hydrogens is 732 g/mol. The number of carbonyl (C=O) groups excluding carboxylic acids is 2. The van der Waals surface area contributed by atoms with E-state index in [1.165, 1.54) is 7.11 Å². The van der Waals surface area contributed by atoms with Crippen LogP contribution in [-0.2, 0) is 14.3 Å². The number of unbranched alkanes of at least 4 members (excludes halogenated alkanes) is 2. The Kier molecular flexibility index (Phi) is 16.1. The minimum absolute atomic E-state index is 0.0179. The van der Waals surface area contributed by atoms with E-state index >= 15 is 0 Å². The monoisotopic (exact) mass is 788 g/mol. The number of aliphatic hydroxyl groups is 3.